The van der Waals surface area contributed by atoms with Gasteiger partial charge in [0.05, 0.1) is 11.3 Å². The molecule has 0 aliphatic rings. The van der Waals surface area contributed by atoms with Crippen LogP contribution in [0.5, 0.6) is 0 Å². The van der Waals surface area contributed by atoms with E-state index in [2.05, 4.69) is 4.98 Å². The third-order valence-electron chi connectivity index (χ3n) is 2.89. The average molecular weight is 281 g/mol. The molecule has 0 saturated carbocycles. The van der Waals surface area contributed by atoms with Gasteiger partial charge in [0.15, 0.2) is 0 Å². The minimum absolute atomic E-state index is 0.223. The summed E-state index contributed by atoms with van der Waals surface area (Å²) in [5.41, 5.74) is 0.497. The van der Waals surface area contributed by atoms with E-state index in [-0.39, 0.29) is 5.46 Å². The number of halogens is 3. The van der Waals surface area contributed by atoms with E-state index in [1.165, 1.54) is 24.3 Å². The van der Waals surface area contributed by atoms with Crippen molar-refractivity contribution in [2.75, 3.05) is 0 Å². The number of aromatic nitrogens is 1. The van der Waals surface area contributed by atoms with Gasteiger partial charge in [0.25, 0.3) is 0 Å². The highest BCUT2D eigenvalue weighted by Crippen LogP contribution is 2.31. The summed E-state index contributed by atoms with van der Waals surface area (Å²) in [6.07, 6.45) is -4.41. The highest BCUT2D eigenvalue weighted by molar-refractivity contribution is 6.59. The number of hydrogen-bond acceptors (Lipinski definition) is 3. The van der Waals surface area contributed by atoms with Crippen LogP contribution in [0.15, 0.2) is 36.4 Å². The number of pyridine rings is 1. The lowest BCUT2D eigenvalue weighted by atomic mass is 9.79. The van der Waals surface area contributed by atoms with Crippen LogP contribution in [0.25, 0.3) is 11.3 Å². The zero-order valence-electron chi connectivity index (χ0n) is 10.5. The number of aryl methyl sites for hydroxylation is 1. The molecule has 3 nitrogen and oxygen atoms in total. The Balaban J connectivity index is 2.45. The summed E-state index contributed by atoms with van der Waals surface area (Å²) in [5, 5.41) is 18.2. The first-order chi connectivity index (χ1) is 9.29. The fourth-order valence-corrected chi connectivity index (χ4v) is 1.86. The van der Waals surface area contributed by atoms with Gasteiger partial charge in [0.1, 0.15) is 0 Å². The summed E-state index contributed by atoms with van der Waals surface area (Å²) >= 11 is 0. The van der Waals surface area contributed by atoms with Gasteiger partial charge in [-0.05, 0) is 25.1 Å². The Morgan fingerprint density at radius 2 is 1.80 bits per heavy atom. The fourth-order valence-electron chi connectivity index (χ4n) is 1.86. The molecule has 104 valence electrons. The van der Waals surface area contributed by atoms with Crippen molar-refractivity contribution in [1.29, 1.82) is 0 Å². The SMILES string of the molecule is Cc1nc(-c2cccc(C(F)(F)F)c2)ccc1B(O)O. The van der Waals surface area contributed by atoms with Gasteiger partial charge in [-0.3, -0.25) is 4.98 Å². The Morgan fingerprint density at radius 3 is 2.35 bits per heavy atom. The molecule has 0 unspecified atom stereocenters. The van der Waals surface area contributed by atoms with Gasteiger partial charge in [-0.1, -0.05) is 18.2 Å². The first-order valence-corrected chi connectivity index (χ1v) is 5.80. The lowest BCUT2D eigenvalue weighted by molar-refractivity contribution is -0.137. The van der Waals surface area contributed by atoms with Crippen LogP contribution in [-0.2, 0) is 6.18 Å². The topological polar surface area (TPSA) is 53.4 Å². The predicted octanol–water partition coefficient (Wildman–Crippen LogP) is 1.76. The first-order valence-electron chi connectivity index (χ1n) is 5.80. The summed E-state index contributed by atoms with van der Waals surface area (Å²) in [7, 11) is -1.65. The maximum atomic E-state index is 12.6. The van der Waals surface area contributed by atoms with Gasteiger partial charge in [0.2, 0.25) is 0 Å². The summed E-state index contributed by atoms with van der Waals surface area (Å²) < 4.78 is 37.9. The van der Waals surface area contributed by atoms with Crippen LogP contribution >= 0.6 is 0 Å². The molecule has 2 aromatic rings. The lowest BCUT2D eigenvalue weighted by Crippen LogP contribution is -2.32. The number of hydrogen-bond donors (Lipinski definition) is 2. The number of rotatable bonds is 2. The largest absolute Gasteiger partial charge is 0.490 e. The Kier molecular flexibility index (Phi) is 3.83. The molecule has 0 spiro atoms. The van der Waals surface area contributed by atoms with Crippen molar-refractivity contribution < 1.29 is 23.2 Å². The van der Waals surface area contributed by atoms with E-state index in [4.69, 9.17) is 10.0 Å². The van der Waals surface area contributed by atoms with Crippen LogP contribution in [0.2, 0.25) is 0 Å². The maximum absolute atomic E-state index is 12.6. The summed E-state index contributed by atoms with van der Waals surface area (Å²) in [6.45, 7) is 1.56. The van der Waals surface area contributed by atoms with Crippen molar-refractivity contribution in [3.8, 4) is 11.3 Å². The molecular formula is C13H11BF3NO2. The zero-order valence-corrected chi connectivity index (χ0v) is 10.5. The van der Waals surface area contributed by atoms with Crippen molar-refractivity contribution in [3.63, 3.8) is 0 Å². The van der Waals surface area contributed by atoms with Gasteiger partial charge >= 0.3 is 13.3 Å². The quantitative estimate of drug-likeness (QED) is 0.825. The molecule has 0 atom stereocenters. The van der Waals surface area contributed by atoms with E-state index >= 15 is 0 Å². The van der Waals surface area contributed by atoms with Crippen LogP contribution < -0.4 is 5.46 Å². The monoisotopic (exact) mass is 281 g/mol. The molecule has 2 N–H and O–H groups in total. The lowest BCUT2D eigenvalue weighted by Gasteiger charge is -2.10. The van der Waals surface area contributed by atoms with E-state index < -0.39 is 18.9 Å². The Labute approximate surface area is 113 Å². The zero-order chi connectivity index (χ0) is 14.9. The molecule has 0 aliphatic heterocycles. The van der Waals surface area contributed by atoms with Gasteiger partial charge < -0.3 is 10.0 Å². The van der Waals surface area contributed by atoms with Crippen LogP contribution in [0.4, 0.5) is 13.2 Å². The van der Waals surface area contributed by atoms with Crippen LogP contribution in [-0.4, -0.2) is 22.2 Å². The molecule has 0 bridgehead atoms. The van der Waals surface area contributed by atoms with E-state index in [0.717, 1.165) is 12.1 Å². The molecule has 0 fully saturated rings. The molecule has 7 heteroatoms. The maximum Gasteiger partial charge on any atom is 0.490 e. The predicted molar refractivity (Wildman–Crippen MR) is 69.2 cm³/mol. The second kappa shape index (κ2) is 5.26. The van der Waals surface area contributed by atoms with Gasteiger partial charge in [-0.25, -0.2) is 0 Å². The molecule has 20 heavy (non-hydrogen) atoms. The third kappa shape index (κ3) is 3.00. The molecule has 1 heterocycles. The standard InChI is InChI=1S/C13H11BF3NO2/c1-8-11(14(19)20)5-6-12(18-8)9-3-2-4-10(7-9)13(15,16)17/h2-7,19-20H,1H3. The number of nitrogens with zero attached hydrogens (tertiary/aromatic N) is 1. The van der Waals surface area contributed by atoms with Crippen molar-refractivity contribution in [2.45, 2.75) is 13.1 Å². The minimum atomic E-state index is -4.41. The molecular weight excluding hydrogens is 270 g/mol. The van der Waals surface area contributed by atoms with Gasteiger partial charge in [-0.2, -0.15) is 13.2 Å². The highest BCUT2D eigenvalue weighted by atomic mass is 19.4. The smallest absolute Gasteiger partial charge is 0.423 e. The average Bonchev–Trinajstić information content (AvgIpc) is 2.37. The summed E-state index contributed by atoms with van der Waals surface area (Å²) in [5.74, 6) is 0. The Morgan fingerprint density at radius 1 is 1.10 bits per heavy atom. The van der Waals surface area contributed by atoms with Gasteiger partial charge in [0, 0.05) is 16.7 Å². The first kappa shape index (κ1) is 14.6. The molecule has 0 saturated heterocycles. The van der Waals surface area contributed by atoms with Crippen molar-refractivity contribution in [1.82, 2.24) is 4.98 Å². The second-order valence-electron chi connectivity index (χ2n) is 4.32. The van der Waals surface area contributed by atoms with E-state index in [9.17, 15) is 13.2 Å². The third-order valence-corrected chi connectivity index (χ3v) is 2.89. The Hall–Kier alpha value is -1.86. The molecule has 1 aromatic carbocycles. The van der Waals surface area contributed by atoms with Crippen LogP contribution in [0, 0.1) is 6.92 Å². The molecule has 0 radical (unpaired) electrons. The molecule has 1 aromatic heterocycles. The van der Waals surface area contributed by atoms with Crippen LogP contribution in [0.1, 0.15) is 11.3 Å². The normalized spacial score (nSPS) is 11.5. The van der Waals surface area contributed by atoms with Crippen molar-refractivity contribution in [2.24, 2.45) is 0 Å². The summed E-state index contributed by atoms with van der Waals surface area (Å²) in [4.78, 5) is 4.10. The fraction of sp³-hybridized carbons (Fsp3) is 0.154. The van der Waals surface area contributed by atoms with Crippen molar-refractivity contribution >= 4 is 12.6 Å². The summed E-state index contributed by atoms with van der Waals surface area (Å²) in [6, 6.07) is 7.72. The number of benzene rings is 1. The van der Waals surface area contributed by atoms with Gasteiger partial charge in [-0.15, -0.1) is 0 Å². The highest BCUT2D eigenvalue weighted by Gasteiger charge is 2.30. The van der Waals surface area contributed by atoms with E-state index in [1.807, 2.05) is 0 Å². The minimum Gasteiger partial charge on any atom is -0.423 e. The number of alkyl halides is 3. The van der Waals surface area contributed by atoms with E-state index in [0.29, 0.717) is 17.0 Å². The molecule has 2 rings (SSSR count). The molecule has 0 amide bonds. The van der Waals surface area contributed by atoms with Crippen LogP contribution in [0.3, 0.4) is 0 Å². The van der Waals surface area contributed by atoms with E-state index in [1.54, 1.807) is 6.92 Å². The second-order valence-corrected chi connectivity index (χ2v) is 4.32. The molecule has 0 aliphatic carbocycles. The van der Waals surface area contributed by atoms with Crippen molar-refractivity contribution in [3.05, 3.63) is 47.7 Å². The Bertz CT molecular complexity index is 629.